The summed E-state index contributed by atoms with van der Waals surface area (Å²) in [4.78, 5) is 20.8. The van der Waals surface area contributed by atoms with E-state index in [1.54, 1.807) is 12.4 Å². The van der Waals surface area contributed by atoms with Gasteiger partial charge in [-0.25, -0.2) is 4.79 Å². The second-order valence-corrected chi connectivity index (χ2v) is 6.26. The molecule has 1 saturated heterocycles. The standard InChI is InChI=1S/C17H29N5O/c1-3-21-8-10-22(11-9-21)14-15(2)12-19-17(23)20-13-16-4-6-18-7-5-16/h4-7,15H,3,8-14H2,1-2H3,(H2,19,20,23)/t15-/m0/s1. The van der Waals surface area contributed by atoms with E-state index in [1.807, 2.05) is 12.1 Å². The summed E-state index contributed by atoms with van der Waals surface area (Å²) < 4.78 is 0. The lowest BCUT2D eigenvalue weighted by Crippen LogP contribution is -2.48. The molecule has 1 aromatic heterocycles. The Balaban J connectivity index is 1.58. The normalized spacial score (nSPS) is 17.7. The molecule has 2 heterocycles. The third kappa shape index (κ3) is 6.54. The minimum Gasteiger partial charge on any atom is -0.338 e. The van der Waals surface area contributed by atoms with Crippen LogP contribution in [-0.4, -0.2) is 66.6 Å². The Kier molecular flexibility index (Phi) is 7.29. The van der Waals surface area contributed by atoms with Gasteiger partial charge >= 0.3 is 6.03 Å². The monoisotopic (exact) mass is 319 g/mol. The van der Waals surface area contributed by atoms with E-state index in [0.29, 0.717) is 19.0 Å². The number of likely N-dealkylation sites (N-methyl/N-ethyl adjacent to an activating group) is 1. The van der Waals surface area contributed by atoms with Crippen LogP contribution in [0.5, 0.6) is 0 Å². The highest BCUT2D eigenvalue weighted by Gasteiger charge is 2.17. The molecule has 0 saturated carbocycles. The molecule has 1 aliphatic heterocycles. The zero-order valence-corrected chi connectivity index (χ0v) is 14.3. The molecule has 0 unspecified atom stereocenters. The van der Waals surface area contributed by atoms with Crippen molar-refractivity contribution in [3.63, 3.8) is 0 Å². The first-order valence-corrected chi connectivity index (χ1v) is 8.52. The summed E-state index contributed by atoms with van der Waals surface area (Å²) in [5.41, 5.74) is 1.05. The quantitative estimate of drug-likeness (QED) is 0.792. The smallest absolute Gasteiger partial charge is 0.315 e. The molecule has 1 atom stereocenters. The lowest BCUT2D eigenvalue weighted by Gasteiger charge is -2.35. The van der Waals surface area contributed by atoms with Gasteiger partial charge in [-0.3, -0.25) is 4.98 Å². The summed E-state index contributed by atoms with van der Waals surface area (Å²) in [6, 6.07) is 3.70. The number of urea groups is 1. The molecule has 2 amide bonds. The summed E-state index contributed by atoms with van der Waals surface area (Å²) >= 11 is 0. The van der Waals surface area contributed by atoms with Crippen LogP contribution >= 0.6 is 0 Å². The van der Waals surface area contributed by atoms with E-state index >= 15 is 0 Å². The molecule has 0 bridgehead atoms. The molecule has 1 aliphatic rings. The Morgan fingerprint density at radius 3 is 2.48 bits per heavy atom. The number of hydrogen-bond acceptors (Lipinski definition) is 4. The third-order valence-corrected chi connectivity index (χ3v) is 4.30. The number of amides is 2. The van der Waals surface area contributed by atoms with E-state index in [4.69, 9.17) is 0 Å². The zero-order valence-electron chi connectivity index (χ0n) is 14.3. The van der Waals surface area contributed by atoms with Crippen LogP contribution < -0.4 is 10.6 Å². The second kappa shape index (κ2) is 9.47. The van der Waals surface area contributed by atoms with Gasteiger partial charge in [0, 0.05) is 58.2 Å². The van der Waals surface area contributed by atoms with Crippen molar-refractivity contribution in [3.05, 3.63) is 30.1 Å². The van der Waals surface area contributed by atoms with Crippen molar-refractivity contribution in [2.24, 2.45) is 5.92 Å². The summed E-state index contributed by atoms with van der Waals surface area (Å²) in [5, 5.41) is 5.83. The summed E-state index contributed by atoms with van der Waals surface area (Å²) in [5.74, 6) is 0.454. The topological polar surface area (TPSA) is 60.5 Å². The van der Waals surface area contributed by atoms with Crippen LogP contribution in [0.2, 0.25) is 0 Å². The third-order valence-electron chi connectivity index (χ3n) is 4.30. The van der Waals surface area contributed by atoms with Gasteiger partial charge in [0.1, 0.15) is 0 Å². The minimum atomic E-state index is -0.107. The maximum Gasteiger partial charge on any atom is 0.315 e. The molecule has 128 valence electrons. The number of rotatable bonds is 7. The molecule has 23 heavy (non-hydrogen) atoms. The molecule has 0 radical (unpaired) electrons. The van der Waals surface area contributed by atoms with E-state index in [0.717, 1.165) is 44.8 Å². The number of nitrogens with one attached hydrogen (secondary N) is 2. The lowest BCUT2D eigenvalue weighted by molar-refractivity contribution is 0.124. The van der Waals surface area contributed by atoms with Gasteiger partial charge in [0.15, 0.2) is 0 Å². The predicted octanol–water partition coefficient (Wildman–Crippen LogP) is 1.15. The molecule has 6 nitrogen and oxygen atoms in total. The van der Waals surface area contributed by atoms with Crippen LogP contribution in [0.3, 0.4) is 0 Å². The van der Waals surface area contributed by atoms with Gasteiger partial charge < -0.3 is 20.4 Å². The van der Waals surface area contributed by atoms with Crippen molar-refractivity contribution in [1.82, 2.24) is 25.4 Å². The summed E-state index contributed by atoms with van der Waals surface area (Å²) in [6.07, 6.45) is 3.46. The molecular formula is C17H29N5O. The molecule has 6 heteroatoms. The van der Waals surface area contributed by atoms with E-state index in [1.165, 1.54) is 0 Å². The fraction of sp³-hybridized carbons (Fsp3) is 0.647. The highest BCUT2D eigenvalue weighted by Crippen LogP contribution is 2.05. The van der Waals surface area contributed by atoms with Gasteiger partial charge in [0.2, 0.25) is 0 Å². The van der Waals surface area contributed by atoms with Crippen LogP contribution in [0.25, 0.3) is 0 Å². The number of piperazine rings is 1. The maximum atomic E-state index is 11.8. The van der Waals surface area contributed by atoms with Gasteiger partial charge in [0.05, 0.1) is 0 Å². The van der Waals surface area contributed by atoms with E-state index in [-0.39, 0.29) is 6.03 Å². The molecule has 2 N–H and O–H groups in total. The fourth-order valence-electron chi connectivity index (χ4n) is 2.81. The number of pyridine rings is 1. The van der Waals surface area contributed by atoms with E-state index in [9.17, 15) is 4.79 Å². The predicted molar refractivity (Wildman–Crippen MR) is 92.2 cm³/mol. The van der Waals surface area contributed by atoms with Crippen molar-refractivity contribution in [2.75, 3.05) is 45.8 Å². The van der Waals surface area contributed by atoms with Crippen molar-refractivity contribution >= 4 is 6.03 Å². The highest BCUT2D eigenvalue weighted by atomic mass is 16.2. The zero-order chi connectivity index (χ0) is 16.5. The molecule has 0 aromatic carbocycles. The molecule has 1 aromatic rings. The lowest BCUT2D eigenvalue weighted by atomic mass is 10.1. The Labute approximate surface area is 139 Å². The van der Waals surface area contributed by atoms with E-state index < -0.39 is 0 Å². The number of aromatic nitrogens is 1. The van der Waals surface area contributed by atoms with Crippen molar-refractivity contribution < 1.29 is 4.79 Å². The number of carbonyl (C=O) groups is 1. The van der Waals surface area contributed by atoms with Gasteiger partial charge in [-0.2, -0.15) is 0 Å². The molecular weight excluding hydrogens is 290 g/mol. The molecule has 1 fully saturated rings. The Morgan fingerprint density at radius 2 is 1.83 bits per heavy atom. The van der Waals surface area contributed by atoms with Crippen molar-refractivity contribution in [1.29, 1.82) is 0 Å². The Bertz CT molecular complexity index is 459. The van der Waals surface area contributed by atoms with Crippen LogP contribution in [0, 0.1) is 5.92 Å². The minimum absolute atomic E-state index is 0.107. The van der Waals surface area contributed by atoms with E-state index in [2.05, 4.69) is 39.3 Å². The molecule has 2 rings (SSSR count). The highest BCUT2D eigenvalue weighted by molar-refractivity contribution is 5.73. The van der Waals surface area contributed by atoms with Crippen molar-refractivity contribution in [3.8, 4) is 0 Å². The van der Waals surface area contributed by atoms with Gasteiger partial charge in [0.25, 0.3) is 0 Å². The maximum absolute atomic E-state index is 11.8. The van der Waals surface area contributed by atoms with Crippen LogP contribution in [0.1, 0.15) is 19.4 Å². The second-order valence-electron chi connectivity index (χ2n) is 6.26. The van der Waals surface area contributed by atoms with Crippen LogP contribution in [-0.2, 0) is 6.54 Å². The largest absolute Gasteiger partial charge is 0.338 e. The number of hydrogen-bond donors (Lipinski definition) is 2. The SMILES string of the molecule is CCN1CCN(C[C@@H](C)CNC(=O)NCc2ccncc2)CC1. The van der Waals surface area contributed by atoms with Gasteiger partial charge in [-0.1, -0.05) is 13.8 Å². The summed E-state index contributed by atoms with van der Waals surface area (Å²) in [7, 11) is 0. The molecule has 0 spiro atoms. The number of nitrogens with zero attached hydrogens (tertiary/aromatic N) is 3. The first-order valence-electron chi connectivity index (χ1n) is 8.52. The average Bonchev–Trinajstić information content (AvgIpc) is 2.60. The average molecular weight is 319 g/mol. The number of carbonyl (C=O) groups excluding carboxylic acids is 1. The first-order chi connectivity index (χ1) is 11.2. The first kappa shape index (κ1) is 17.7. The van der Waals surface area contributed by atoms with Crippen LogP contribution in [0.15, 0.2) is 24.5 Å². The summed E-state index contributed by atoms with van der Waals surface area (Å²) in [6.45, 7) is 12.4. The fourth-order valence-corrected chi connectivity index (χ4v) is 2.81. The Morgan fingerprint density at radius 1 is 1.17 bits per heavy atom. The van der Waals surface area contributed by atoms with Gasteiger partial charge in [-0.05, 0) is 30.2 Å². The van der Waals surface area contributed by atoms with Crippen molar-refractivity contribution in [2.45, 2.75) is 20.4 Å². The van der Waals surface area contributed by atoms with Gasteiger partial charge in [-0.15, -0.1) is 0 Å². The molecule has 0 aliphatic carbocycles. The van der Waals surface area contributed by atoms with Crippen LogP contribution in [0.4, 0.5) is 4.79 Å². The Hall–Kier alpha value is -1.66.